The first kappa shape index (κ1) is 9.88. The lowest BCUT2D eigenvalue weighted by Gasteiger charge is -2.34. The molecule has 4 unspecified atom stereocenters. The van der Waals surface area contributed by atoms with E-state index in [0.717, 1.165) is 0 Å². The maximum Gasteiger partial charge on any atom is 0.186 e. The molecule has 1 saturated heterocycles. The molecule has 0 aromatic carbocycles. The molecular formula is C7H12O5. The molecule has 1 fully saturated rings. The maximum atomic E-state index is 9.21. The third-order valence-corrected chi connectivity index (χ3v) is 1.66. The molecule has 1 rings (SSSR count). The van der Waals surface area contributed by atoms with E-state index in [9.17, 15) is 5.11 Å². The van der Waals surface area contributed by atoms with Crippen molar-refractivity contribution in [2.24, 2.45) is 0 Å². The Morgan fingerprint density at radius 3 is 2.67 bits per heavy atom. The van der Waals surface area contributed by atoms with Crippen LogP contribution in [0.5, 0.6) is 0 Å². The third-order valence-electron chi connectivity index (χ3n) is 1.66. The fraction of sp³-hybridized carbons (Fsp3) is 0.857. The molecule has 4 atom stereocenters. The average Bonchev–Trinajstić information content (AvgIpc) is 2.09. The van der Waals surface area contributed by atoms with Gasteiger partial charge in [0.1, 0.15) is 6.10 Å². The minimum Gasteiger partial charge on any atom is -0.394 e. The van der Waals surface area contributed by atoms with Gasteiger partial charge in [0.15, 0.2) is 6.29 Å². The van der Waals surface area contributed by atoms with E-state index in [2.05, 4.69) is 6.42 Å². The first-order valence-corrected chi connectivity index (χ1v) is 3.60. The average molecular weight is 176 g/mol. The van der Waals surface area contributed by atoms with Crippen LogP contribution in [0, 0.1) is 6.42 Å². The summed E-state index contributed by atoms with van der Waals surface area (Å²) in [7, 11) is 1.35. The normalized spacial score (nSPS) is 43.0. The smallest absolute Gasteiger partial charge is 0.186 e. The molecule has 1 heterocycles. The van der Waals surface area contributed by atoms with Crippen LogP contribution in [-0.4, -0.2) is 53.6 Å². The second-order valence-corrected chi connectivity index (χ2v) is 2.51. The van der Waals surface area contributed by atoms with E-state index in [1.54, 1.807) is 0 Å². The highest BCUT2D eigenvalue weighted by Gasteiger charge is 2.37. The van der Waals surface area contributed by atoms with Crippen molar-refractivity contribution in [2.75, 3.05) is 13.7 Å². The minimum atomic E-state index is -1.14. The monoisotopic (exact) mass is 176 g/mol. The zero-order chi connectivity index (χ0) is 9.14. The molecule has 70 valence electrons. The summed E-state index contributed by atoms with van der Waals surface area (Å²) in [5.41, 5.74) is 0. The van der Waals surface area contributed by atoms with Gasteiger partial charge in [-0.15, -0.1) is 0 Å². The summed E-state index contributed by atoms with van der Waals surface area (Å²) in [5.74, 6) is 0. The molecule has 0 saturated carbocycles. The van der Waals surface area contributed by atoms with E-state index in [4.69, 9.17) is 19.7 Å². The molecule has 0 aromatic heterocycles. The molecule has 0 bridgehead atoms. The van der Waals surface area contributed by atoms with Gasteiger partial charge in [0.05, 0.1) is 25.2 Å². The highest BCUT2D eigenvalue weighted by molar-refractivity contribution is 4.94. The fourth-order valence-corrected chi connectivity index (χ4v) is 1.01. The van der Waals surface area contributed by atoms with Gasteiger partial charge in [0.2, 0.25) is 0 Å². The number of ether oxygens (including phenoxy) is 2. The molecule has 2 radical (unpaired) electrons. The quantitative estimate of drug-likeness (QED) is 0.460. The Labute approximate surface area is 70.5 Å². The summed E-state index contributed by atoms with van der Waals surface area (Å²) >= 11 is 0. The lowest BCUT2D eigenvalue weighted by Crippen LogP contribution is -2.50. The van der Waals surface area contributed by atoms with Gasteiger partial charge in [0.25, 0.3) is 0 Å². The van der Waals surface area contributed by atoms with Crippen molar-refractivity contribution < 1.29 is 24.8 Å². The van der Waals surface area contributed by atoms with Crippen LogP contribution in [0.3, 0.4) is 0 Å². The first-order chi connectivity index (χ1) is 5.69. The van der Waals surface area contributed by atoms with Gasteiger partial charge in [-0.25, -0.2) is 0 Å². The maximum absolute atomic E-state index is 9.21. The van der Waals surface area contributed by atoms with E-state index in [-0.39, 0.29) is 6.61 Å². The van der Waals surface area contributed by atoms with Crippen LogP contribution in [0.1, 0.15) is 0 Å². The lowest BCUT2D eigenvalue weighted by molar-refractivity contribution is -0.243. The molecular weight excluding hydrogens is 164 g/mol. The molecule has 12 heavy (non-hydrogen) atoms. The minimum absolute atomic E-state index is 0.288. The van der Waals surface area contributed by atoms with Crippen LogP contribution in [0.4, 0.5) is 0 Å². The standard InChI is InChI=1S/C7H12O5/c1-11-7-6(10)5(9)2-4(3-8)12-7/h4-10H,3H2,1H3. The fourth-order valence-electron chi connectivity index (χ4n) is 1.01. The number of methoxy groups -OCH3 is 1. The Hall–Kier alpha value is -0.200. The number of aliphatic hydroxyl groups excluding tert-OH is 3. The van der Waals surface area contributed by atoms with Crippen molar-refractivity contribution in [3.63, 3.8) is 0 Å². The van der Waals surface area contributed by atoms with E-state index in [0.29, 0.717) is 0 Å². The van der Waals surface area contributed by atoms with Crippen LogP contribution in [0.15, 0.2) is 0 Å². The zero-order valence-corrected chi connectivity index (χ0v) is 6.67. The highest BCUT2D eigenvalue weighted by atomic mass is 16.7. The Morgan fingerprint density at radius 1 is 1.50 bits per heavy atom. The van der Waals surface area contributed by atoms with Crippen molar-refractivity contribution in [3.05, 3.63) is 6.42 Å². The summed E-state index contributed by atoms with van der Waals surface area (Å²) in [6.07, 6.45) is -1.45. The number of rotatable bonds is 2. The van der Waals surface area contributed by atoms with E-state index in [1.165, 1.54) is 7.11 Å². The second-order valence-electron chi connectivity index (χ2n) is 2.51. The van der Waals surface area contributed by atoms with Crippen LogP contribution >= 0.6 is 0 Å². The Bertz CT molecular complexity index is 140. The molecule has 3 N–H and O–H groups in total. The summed E-state index contributed by atoms with van der Waals surface area (Å²) in [5, 5.41) is 27.0. The summed E-state index contributed by atoms with van der Waals surface area (Å²) in [6, 6.07) is 0. The topological polar surface area (TPSA) is 79.2 Å². The van der Waals surface area contributed by atoms with E-state index < -0.39 is 24.6 Å². The second kappa shape index (κ2) is 4.15. The van der Waals surface area contributed by atoms with Gasteiger partial charge in [-0.05, 0) is 0 Å². The molecule has 1 aliphatic rings. The van der Waals surface area contributed by atoms with Gasteiger partial charge in [0, 0.05) is 7.11 Å². The molecule has 0 aromatic rings. The number of hydrogen-bond acceptors (Lipinski definition) is 5. The predicted molar refractivity (Wildman–Crippen MR) is 38.0 cm³/mol. The Morgan fingerprint density at radius 2 is 2.17 bits per heavy atom. The predicted octanol–water partition coefficient (Wildman–Crippen LogP) is -1.85. The molecule has 0 aliphatic carbocycles. The SMILES string of the molecule is COC1OC(CO)[C]C(O)C1O. The Balaban J connectivity index is 2.52. The Kier molecular flexibility index (Phi) is 3.42. The molecule has 1 aliphatic heterocycles. The van der Waals surface area contributed by atoms with Gasteiger partial charge in [-0.1, -0.05) is 0 Å². The van der Waals surface area contributed by atoms with Crippen molar-refractivity contribution in [1.82, 2.24) is 0 Å². The summed E-state index contributed by atoms with van der Waals surface area (Å²) in [6.45, 7) is -0.288. The largest absolute Gasteiger partial charge is 0.394 e. The van der Waals surface area contributed by atoms with Gasteiger partial charge in [-0.3, -0.25) is 0 Å². The van der Waals surface area contributed by atoms with Crippen LogP contribution in [0.2, 0.25) is 0 Å². The van der Waals surface area contributed by atoms with Gasteiger partial charge < -0.3 is 24.8 Å². The summed E-state index contributed by atoms with van der Waals surface area (Å²) in [4.78, 5) is 0. The van der Waals surface area contributed by atoms with Crippen molar-refractivity contribution in [3.8, 4) is 0 Å². The number of aliphatic hydroxyl groups is 3. The lowest BCUT2D eigenvalue weighted by atomic mass is 10.0. The zero-order valence-electron chi connectivity index (χ0n) is 6.67. The van der Waals surface area contributed by atoms with Crippen LogP contribution in [0.25, 0.3) is 0 Å². The van der Waals surface area contributed by atoms with Crippen LogP contribution < -0.4 is 0 Å². The van der Waals surface area contributed by atoms with Crippen molar-refractivity contribution in [1.29, 1.82) is 0 Å². The molecule has 0 amide bonds. The highest BCUT2D eigenvalue weighted by Crippen LogP contribution is 2.19. The molecule has 5 nitrogen and oxygen atoms in total. The van der Waals surface area contributed by atoms with Crippen molar-refractivity contribution in [2.45, 2.75) is 24.6 Å². The van der Waals surface area contributed by atoms with E-state index >= 15 is 0 Å². The number of hydrogen-bond donors (Lipinski definition) is 3. The molecule has 5 heteroatoms. The van der Waals surface area contributed by atoms with Crippen LogP contribution in [-0.2, 0) is 9.47 Å². The molecule has 0 spiro atoms. The summed E-state index contributed by atoms with van der Waals surface area (Å²) < 4.78 is 9.70. The van der Waals surface area contributed by atoms with Gasteiger partial charge in [-0.2, -0.15) is 0 Å². The van der Waals surface area contributed by atoms with E-state index in [1.807, 2.05) is 0 Å². The third kappa shape index (κ3) is 1.94. The van der Waals surface area contributed by atoms with Gasteiger partial charge >= 0.3 is 0 Å². The van der Waals surface area contributed by atoms with Crippen molar-refractivity contribution >= 4 is 0 Å². The first-order valence-electron chi connectivity index (χ1n) is 3.60.